The first-order valence-corrected chi connectivity index (χ1v) is 8.37. The van der Waals surface area contributed by atoms with Crippen molar-refractivity contribution in [3.8, 4) is 0 Å². The van der Waals surface area contributed by atoms with Gasteiger partial charge in [0.05, 0.1) is 19.3 Å². The maximum Gasteiger partial charge on any atom is 0.0988 e. The van der Waals surface area contributed by atoms with Gasteiger partial charge in [-0.2, -0.15) is 0 Å². The molecule has 2 heterocycles. The Balaban J connectivity index is 2.09. The van der Waals surface area contributed by atoms with Gasteiger partial charge in [0, 0.05) is 28.9 Å². The number of nitrogens with zero attached hydrogens (tertiary/aromatic N) is 1. The lowest BCUT2D eigenvalue weighted by atomic mass is 10.2. The van der Waals surface area contributed by atoms with Crippen molar-refractivity contribution in [1.82, 2.24) is 4.57 Å². The summed E-state index contributed by atoms with van der Waals surface area (Å²) < 4.78 is 10.4. The zero-order valence-electron chi connectivity index (χ0n) is 10.1. The minimum atomic E-state index is 0.400. The number of epoxide rings is 1. The molecule has 96 valence electrons. The summed E-state index contributed by atoms with van der Waals surface area (Å²) in [5.41, 5.74) is 2.63. The molecule has 1 fully saturated rings. The lowest BCUT2D eigenvalue weighted by Crippen LogP contribution is -2.03. The van der Waals surface area contributed by atoms with E-state index in [-0.39, 0.29) is 0 Å². The molecule has 2 nitrogen and oxygen atoms in total. The van der Waals surface area contributed by atoms with Crippen LogP contribution in [0.1, 0.15) is 0 Å². The van der Waals surface area contributed by atoms with Gasteiger partial charge >= 0.3 is 0 Å². The highest BCUT2D eigenvalue weighted by atomic mass is 127. The molecule has 1 atom stereocenters. The Labute approximate surface area is 138 Å². The zero-order chi connectivity index (χ0) is 13.0. The van der Waals surface area contributed by atoms with Crippen LogP contribution < -0.4 is 0 Å². The summed E-state index contributed by atoms with van der Waals surface area (Å²) in [6, 6.07) is 13.4. The smallest absolute Gasteiger partial charge is 0.0988 e. The lowest BCUT2D eigenvalue weighted by molar-refractivity contribution is 0.387. The predicted octanol–water partition coefficient (Wildman–Crippen LogP) is 4.40. The molecule has 2 aromatic carbocycles. The molecule has 0 aliphatic carbocycles. The van der Waals surface area contributed by atoms with Gasteiger partial charge in [-0.15, -0.1) is 0 Å². The second kappa shape index (κ2) is 4.60. The third kappa shape index (κ3) is 2.17. The number of rotatable bonds is 2. The van der Waals surface area contributed by atoms with Crippen LogP contribution >= 0.6 is 45.2 Å². The van der Waals surface area contributed by atoms with E-state index in [0.717, 1.165) is 13.2 Å². The van der Waals surface area contributed by atoms with Crippen LogP contribution in [-0.2, 0) is 11.3 Å². The summed E-state index contributed by atoms with van der Waals surface area (Å²) in [5, 5.41) is 2.70. The fourth-order valence-corrected chi connectivity index (χ4v) is 3.60. The van der Waals surface area contributed by atoms with Gasteiger partial charge < -0.3 is 9.30 Å². The summed E-state index contributed by atoms with van der Waals surface area (Å²) in [4.78, 5) is 0. The van der Waals surface area contributed by atoms with Crippen molar-refractivity contribution < 1.29 is 4.74 Å². The van der Waals surface area contributed by atoms with Crippen molar-refractivity contribution >= 4 is 67.0 Å². The number of halogens is 2. The second-order valence-electron chi connectivity index (χ2n) is 4.89. The Kier molecular flexibility index (Phi) is 3.00. The Hall–Kier alpha value is -0.340. The molecule has 0 amide bonds. The highest BCUT2D eigenvalue weighted by Crippen LogP contribution is 2.32. The molecule has 0 saturated carbocycles. The number of hydrogen-bond acceptors (Lipinski definition) is 1. The van der Waals surface area contributed by atoms with Crippen LogP contribution in [0.25, 0.3) is 21.8 Å². The second-order valence-corrected chi connectivity index (χ2v) is 7.38. The van der Waals surface area contributed by atoms with Gasteiger partial charge in [0.15, 0.2) is 0 Å². The fourth-order valence-electron chi connectivity index (χ4n) is 2.62. The molecule has 4 heteroatoms. The lowest BCUT2D eigenvalue weighted by Gasteiger charge is -2.04. The molecule has 1 aromatic heterocycles. The normalized spacial score (nSPS) is 18.3. The average molecular weight is 475 g/mol. The van der Waals surface area contributed by atoms with Crippen LogP contribution in [0.4, 0.5) is 0 Å². The van der Waals surface area contributed by atoms with Gasteiger partial charge in [0.2, 0.25) is 0 Å². The van der Waals surface area contributed by atoms with E-state index in [0.29, 0.717) is 6.10 Å². The molecule has 0 spiro atoms. The Morgan fingerprint density at radius 1 is 1.00 bits per heavy atom. The van der Waals surface area contributed by atoms with E-state index in [1.54, 1.807) is 0 Å². The van der Waals surface area contributed by atoms with E-state index in [4.69, 9.17) is 4.74 Å². The molecule has 0 radical (unpaired) electrons. The molecule has 1 unspecified atom stereocenters. The molecular weight excluding hydrogens is 464 g/mol. The summed E-state index contributed by atoms with van der Waals surface area (Å²) in [5.74, 6) is 0. The van der Waals surface area contributed by atoms with Crippen molar-refractivity contribution in [1.29, 1.82) is 0 Å². The standard InChI is InChI=1S/C15H11I2NO/c16-9-1-3-14-12(5-9)13-6-10(17)2-4-15(13)18(14)7-11-8-19-11/h1-6,11H,7-8H2. The van der Waals surface area contributed by atoms with Crippen molar-refractivity contribution in [2.75, 3.05) is 6.61 Å². The van der Waals surface area contributed by atoms with Crippen molar-refractivity contribution in [2.45, 2.75) is 12.6 Å². The van der Waals surface area contributed by atoms with Crippen LogP contribution in [-0.4, -0.2) is 17.3 Å². The van der Waals surface area contributed by atoms with Crippen molar-refractivity contribution in [3.63, 3.8) is 0 Å². The van der Waals surface area contributed by atoms with Crippen LogP contribution in [0.5, 0.6) is 0 Å². The summed E-state index contributed by atoms with van der Waals surface area (Å²) in [6.07, 6.45) is 0.400. The zero-order valence-corrected chi connectivity index (χ0v) is 14.4. The molecule has 1 aliphatic rings. The quantitative estimate of drug-likeness (QED) is 0.397. The number of benzene rings is 2. The Morgan fingerprint density at radius 2 is 1.53 bits per heavy atom. The first-order chi connectivity index (χ1) is 9.22. The number of hydrogen-bond donors (Lipinski definition) is 0. The van der Waals surface area contributed by atoms with Gasteiger partial charge in [-0.3, -0.25) is 0 Å². The molecule has 3 aromatic rings. The number of aromatic nitrogens is 1. The van der Waals surface area contributed by atoms with Gasteiger partial charge in [0.25, 0.3) is 0 Å². The minimum Gasteiger partial charge on any atom is -0.371 e. The van der Waals surface area contributed by atoms with Gasteiger partial charge in [-0.05, 0) is 81.6 Å². The van der Waals surface area contributed by atoms with Gasteiger partial charge in [-0.1, -0.05) is 0 Å². The van der Waals surface area contributed by atoms with E-state index >= 15 is 0 Å². The monoisotopic (exact) mass is 475 g/mol. The summed E-state index contributed by atoms with van der Waals surface area (Å²) in [7, 11) is 0. The van der Waals surface area contributed by atoms with E-state index in [1.165, 1.54) is 28.9 Å². The third-order valence-corrected chi connectivity index (χ3v) is 4.92. The predicted molar refractivity (Wildman–Crippen MR) is 94.6 cm³/mol. The molecule has 19 heavy (non-hydrogen) atoms. The van der Waals surface area contributed by atoms with E-state index < -0.39 is 0 Å². The van der Waals surface area contributed by atoms with E-state index in [1.807, 2.05) is 0 Å². The topological polar surface area (TPSA) is 17.5 Å². The van der Waals surface area contributed by atoms with Crippen LogP contribution in [0.15, 0.2) is 36.4 Å². The minimum absolute atomic E-state index is 0.400. The molecule has 1 saturated heterocycles. The first-order valence-electron chi connectivity index (χ1n) is 6.21. The molecule has 4 rings (SSSR count). The summed E-state index contributed by atoms with van der Waals surface area (Å²) in [6.45, 7) is 1.86. The van der Waals surface area contributed by atoms with Crippen LogP contribution in [0, 0.1) is 7.14 Å². The average Bonchev–Trinajstić information content (AvgIpc) is 3.16. The van der Waals surface area contributed by atoms with E-state index in [2.05, 4.69) is 86.1 Å². The SMILES string of the molecule is Ic1ccc2c(c1)c1cc(I)ccc1n2CC1CO1. The maximum atomic E-state index is 5.40. The fraction of sp³-hybridized carbons (Fsp3) is 0.200. The molecule has 0 N–H and O–H groups in total. The number of ether oxygens (including phenoxy) is 1. The summed E-state index contributed by atoms with van der Waals surface area (Å²) >= 11 is 4.76. The maximum absolute atomic E-state index is 5.40. The largest absolute Gasteiger partial charge is 0.371 e. The van der Waals surface area contributed by atoms with Crippen LogP contribution in [0.2, 0.25) is 0 Å². The highest BCUT2D eigenvalue weighted by Gasteiger charge is 2.24. The van der Waals surface area contributed by atoms with Crippen molar-refractivity contribution in [2.24, 2.45) is 0 Å². The number of fused-ring (bicyclic) bond motifs is 3. The molecular formula is C15H11I2NO. The Bertz CT molecular complexity index is 730. The van der Waals surface area contributed by atoms with Gasteiger partial charge in [0.1, 0.15) is 0 Å². The third-order valence-electron chi connectivity index (χ3n) is 3.58. The van der Waals surface area contributed by atoms with Gasteiger partial charge in [-0.25, -0.2) is 0 Å². The molecule has 0 bridgehead atoms. The van der Waals surface area contributed by atoms with Crippen molar-refractivity contribution in [3.05, 3.63) is 43.5 Å². The van der Waals surface area contributed by atoms with E-state index in [9.17, 15) is 0 Å². The first kappa shape index (κ1) is 12.4. The molecule has 1 aliphatic heterocycles. The highest BCUT2D eigenvalue weighted by molar-refractivity contribution is 14.1. The Morgan fingerprint density at radius 3 is 2.00 bits per heavy atom. The van der Waals surface area contributed by atoms with Crippen LogP contribution in [0.3, 0.4) is 0 Å².